The summed E-state index contributed by atoms with van der Waals surface area (Å²) in [5.74, 6) is 1.30. The summed E-state index contributed by atoms with van der Waals surface area (Å²) in [7, 11) is 0. The zero-order chi connectivity index (χ0) is 19.6. The summed E-state index contributed by atoms with van der Waals surface area (Å²) in [5, 5.41) is 9.61. The van der Waals surface area contributed by atoms with E-state index in [2.05, 4.69) is 26.8 Å². The number of fused-ring (bicyclic) bond motifs is 1. The molecule has 0 fully saturated rings. The number of nitriles is 1. The van der Waals surface area contributed by atoms with Gasteiger partial charge in [0.15, 0.2) is 6.23 Å². The summed E-state index contributed by atoms with van der Waals surface area (Å²) >= 11 is 0. The van der Waals surface area contributed by atoms with Crippen LogP contribution in [0.2, 0.25) is 0 Å². The lowest BCUT2D eigenvalue weighted by atomic mass is 9.90. The first-order chi connectivity index (χ1) is 12.8. The molecule has 0 bridgehead atoms. The van der Waals surface area contributed by atoms with Crippen molar-refractivity contribution >= 4 is 11.3 Å². The second-order valence-electron chi connectivity index (χ2n) is 7.85. The van der Waals surface area contributed by atoms with Gasteiger partial charge in [-0.05, 0) is 35.6 Å². The van der Waals surface area contributed by atoms with Gasteiger partial charge in [0.1, 0.15) is 17.6 Å². The molecular formula is C22H25N3O2. The van der Waals surface area contributed by atoms with Gasteiger partial charge in [-0.25, -0.2) is 0 Å². The molecule has 0 spiro atoms. The van der Waals surface area contributed by atoms with E-state index in [9.17, 15) is 5.26 Å². The highest BCUT2D eigenvalue weighted by Crippen LogP contribution is 2.40. The third-order valence-corrected chi connectivity index (χ3v) is 4.49. The fraction of sp³-hybridized carbons (Fsp3) is 0.318. The molecule has 5 heteroatoms. The minimum Gasteiger partial charge on any atom is -0.491 e. The molecule has 2 aromatic rings. The third-order valence-electron chi connectivity index (χ3n) is 4.49. The Morgan fingerprint density at radius 3 is 2.59 bits per heavy atom. The summed E-state index contributed by atoms with van der Waals surface area (Å²) in [6, 6.07) is 15.3. The maximum Gasteiger partial charge on any atom is 0.184 e. The van der Waals surface area contributed by atoms with Crippen molar-refractivity contribution in [2.24, 2.45) is 11.1 Å². The van der Waals surface area contributed by atoms with E-state index in [4.69, 9.17) is 20.9 Å². The Balaban J connectivity index is 1.95. The van der Waals surface area contributed by atoms with Gasteiger partial charge in [-0.15, -0.1) is 0 Å². The number of nitrogens with zero attached hydrogens (tertiary/aromatic N) is 1. The standard InChI is InChI=1S/C22H25N3O2/c1-22(2,3)10-11-26-19-9-8-14(12-17(19)24)20-15-6-4-5-7-18(15)27-21(25)16(20)13-23/h4-9,12,21H,10-11,24-25H2,1-3H3. The van der Waals surface area contributed by atoms with Crippen molar-refractivity contribution in [1.82, 2.24) is 0 Å². The smallest absolute Gasteiger partial charge is 0.184 e. The van der Waals surface area contributed by atoms with Gasteiger partial charge in [0.25, 0.3) is 0 Å². The Bertz CT molecular complexity index is 920. The molecule has 2 aromatic carbocycles. The molecule has 4 N–H and O–H groups in total. The number of hydrogen-bond acceptors (Lipinski definition) is 5. The molecule has 1 aliphatic heterocycles. The summed E-state index contributed by atoms with van der Waals surface area (Å²) < 4.78 is 11.5. The Kier molecular flexibility index (Phi) is 5.11. The lowest BCUT2D eigenvalue weighted by Crippen LogP contribution is -2.32. The average molecular weight is 363 g/mol. The van der Waals surface area contributed by atoms with Crippen LogP contribution in [0.15, 0.2) is 48.0 Å². The van der Waals surface area contributed by atoms with E-state index < -0.39 is 6.23 Å². The van der Waals surface area contributed by atoms with Gasteiger partial charge in [0, 0.05) is 11.1 Å². The second-order valence-corrected chi connectivity index (χ2v) is 7.85. The largest absolute Gasteiger partial charge is 0.491 e. The van der Waals surface area contributed by atoms with Gasteiger partial charge in [0.2, 0.25) is 0 Å². The van der Waals surface area contributed by atoms with Gasteiger partial charge in [-0.2, -0.15) is 5.26 Å². The number of nitrogen functional groups attached to an aromatic ring is 1. The fourth-order valence-corrected chi connectivity index (χ4v) is 2.99. The number of rotatable bonds is 4. The highest BCUT2D eigenvalue weighted by Gasteiger charge is 2.27. The zero-order valence-electron chi connectivity index (χ0n) is 16.0. The summed E-state index contributed by atoms with van der Waals surface area (Å²) in [6.07, 6.45) is 0.126. The number of anilines is 1. The number of para-hydroxylation sites is 1. The molecule has 0 saturated carbocycles. The van der Waals surface area contributed by atoms with Gasteiger partial charge in [-0.1, -0.05) is 45.0 Å². The second kappa shape index (κ2) is 7.34. The Hall–Kier alpha value is -2.97. The topological polar surface area (TPSA) is 94.3 Å². The van der Waals surface area contributed by atoms with Crippen LogP contribution in [0.3, 0.4) is 0 Å². The van der Waals surface area contributed by atoms with E-state index >= 15 is 0 Å². The molecule has 0 aromatic heterocycles. The van der Waals surface area contributed by atoms with Crippen LogP contribution in [0.1, 0.15) is 38.3 Å². The number of hydrogen-bond donors (Lipinski definition) is 2. The van der Waals surface area contributed by atoms with Crippen LogP contribution in [-0.4, -0.2) is 12.8 Å². The number of ether oxygens (including phenoxy) is 2. The van der Waals surface area contributed by atoms with Crippen LogP contribution < -0.4 is 20.9 Å². The molecule has 1 heterocycles. The predicted octanol–water partition coefficient (Wildman–Crippen LogP) is 4.09. The molecule has 0 radical (unpaired) electrons. The van der Waals surface area contributed by atoms with E-state index in [1.807, 2.05) is 42.5 Å². The molecule has 0 amide bonds. The molecule has 5 nitrogen and oxygen atoms in total. The van der Waals surface area contributed by atoms with Crippen LogP contribution in [0.25, 0.3) is 5.57 Å². The third kappa shape index (κ3) is 4.07. The SMILES string of the molecule is CC(C)(C)CCOc1ccc(C2=C(C#N)C(N)Oc3ccccc32)cc1N. The van der Waals surface area contributed by atoms with Crippen LogP contribution in [0, 0.1) is 16.7 Å². The average Bonchev–Trinajstić information content (AvgIpc) is 2.61. The van der Waals surface area contributed by atoms with Crippen molar-refractivity contribution < 1.29 is 9.47 Å². The van der Waals surface area contributed by atoms with Gasteiger partial charge in [0.05, 0.1) is 17.9 Å². The van der Waals surface area contributed by atoms with Gasteiger partial charge in [-0.3, -0.25) is 5.73 Å². The molecule has 140 valence electrons. The monoisotopic (exact) mass is 363 g/mol. The van der Waals surface area contributed by atoms with Crippen LogP contribution in [-0.2, 0) is 0 Å². The van der Waals surface area contributed by atoms with Gasteiger partial charge >= 0.3 is 0 Å². The highest BCUT2D eigenvalue weighted by atomic mass is 16.5. The molecule has 1 aliphatic rings. The molecule has 27 heavy (non-hydrogen) atoms. The van der Waals surface area contributed by atoms with E-state index in [1.165, 1.54) is 0 Å². The van der Waals surface area contributed by atoms with E-state index in [1.54, 1.807) is 0 Å². The Labute approximate surface area is 160 Å². The summed E-state index contributed by atoms with van der Waals surface area (Å²) in [6.45, 7) is 7.11. The highest BCUT2D eigenvalue weighted by molar-refractivity contribution is 5.89. The van der Waals surface area contributed by atoms with E-state index in [-0.39, 0.29) is 5.41 Å². The summed E-state index contributed by atoms with van der Waals surface area (Å²) in [5.41, 5.74) is 15.8. The normalized spacial score (nSPS) is 16.3. The minimum absolute atomic E-state index is 0.198. The minimum atomic E-state index is -0.802. The van der Waals surface area contributed by atoms with E-state index in [0.717, 1.165) is 23.1 Å². The lowest BCUT2D eigenvalue weighted by Gasteiger charge is -2.26. The van der Waals surface area contributed by atoms with Crippen molar-refractivity contribution in [2.75, 3.05) is 12.3 Å². The van der Waals surface area contributed by atoms with Gasteiger partial charge < -0.3 is 15.2 Å². The predicted molar refractivity (Wildman–Crippen MR) is 107 cm³/mol. The first-order valence-electron chi connectivity index (χ1n) is 8.99. The first-order valence-corrected chi connectivity index (χ1v) is 8.99. The van der Waals surface area contributed by atoms with Crippen molar-refractivity contribution in [3.05, 3.63) is 59.2 Å². The fourth-order valence-electron chi connectivity index (χ4n) is 2.99. The molecule has 0 saturated heterocycles. The first kappa shape index (κ1) is 18.8. The van der Waals surface area contributed by atoms with Crippen molar-refractivity contribution in [3.8, 4) is 17.6 Å². The van der Waals surface area contributed by atoms with Crippen LogP contribution >= 0.6 is 0 Å². The molecule has 3 rings (SSSR count). The number of benzene rings is 2. The molecule has 1 unspecified atom stereocenters. The van der Waals surface area contributed by atoms with Crippen LogP contribution in [0.4, 0.5) is 5.69 Å². The van der Waals surface area contributed by atoms with E-state index in [0.29, 0.717) is 29.4 Å². The zero-order valence-corrected chi connectivity index (χ0v) is 16.0. The van der Waals surface area contributed by atoms with Crippen LogP contribution in [0.5, 0.6) is 11.5 Å². The summed E-state index contributed by atoms with van der Waals surface area (Å²) in [4.78, 5) is 0. The van der Waals surface area contributed by atoms with Crippen molar-refractivity contribution in [3.63, 3.8) is 0 Å². The quantitative estimate of drug-likeness (QED) is 0.798. The Morgan fingerprint density at radius 1 is 1.19 bits per heavy atom. The number of nitrogens with two attached hydrogens (primary N) is 2. The van der Waals surface area contributed by atoms with Crippen molar-refractivity contribution in [2.45, 2.75) is 33.4 Å². The van der Waals surface area contributed by atoms with Crippen molar-refractivity contribution in [1.29, 1.82) is 5.26 Å². The molecular weight excluding hydrogens is 338 g/mol. The lowest BCUT2D eigenvalue weighted by molar-refractivity contribution is 0.244. The maximum atomic E-state index is 9.61. The molecule has 1 atom stereocenters. The maximum absolute atomic E-state index is 9.61. The Morgan fingerprint density at radius 2 is 1.93 bits per heavy atom. The molecule has 0 aliphatic carbocycles.